The minimum Gasteiger partial charge on any atom is -0.478 e. The fourth-order valence-corrected chi connectivity index (χ4v) is 0.518. The molecule has 1 rings (SSSR count). The lowest BCUT2D eigenvalue weighted by molar-refractivity contribution is 0.0692. The van der Waals surface area contributed by atoms with Crippen molar-refractivity contribution in [1.82, 2.24) is 10.2 Å². The van der Waals surface area contributed by atoms with Gasteiger partial charge in [0.05, 0.1) is 37.1 Å². The topological polar surface area (TPSA) is 153 Å². The van der Waals surface area contributed by atoms with Crippen molar-refractivity contribution < 1.29 is 25.2 Å². The zero-order valence-corrected chi connectivity index (χ0v) is 8.50. The predicted molar refractivity (Wildman–Crippen MR) is 53.7 cm³/mol. The van der Waals surface area contributed by atoms with Gasteiger partial charge in [0.1, 0.15) is 0 Å². The van der Waals surface area contributed by atoms with Gasteiger partial charge >= 0.3 is 5.97 Å². The lowest BCUT2D eigenvalue weighted by Crippen LogP contribution is -2.50. The predicted octanol–water partition coefficient (Wildman–Crippen LogP) is -2.23. The van der Waals surface area contributed by atoms with Crippen LogP contribution in [0.3, 0.4) is 0 Å². The number of hydrogen-bond acceptors (Lipinski definition) is 6. The molecule has 1 aromatic rings. The van der Waals surface area contributed by atoms with Crippen molar-refractivity contribution in [3.05, 3.63) is 18.0 Å². The molecular weight excluding hydrogens is 218 g/mol. The summed E-state index contributed by atoms with van der Waals surface area (Å²) in [5, 5.41) is 39.1. The average Bonchev–Trinajstić information content (AvgIpc) is 2.82. The van der Waals surface area contributed by atoms with Crippen molar-refractivity contribution in [1.29, 1.82) is 0 Å². The largest absolute Gasteiger partial charge is 0.478 e. The fourth-order valence-electron chi connectivity index (χ4n) is 0.518. The zero-order chi connectivity index (χ0) is 12.6. The van der Waals surface area contributed by atoms with Crippen LogP contribution in [0.5, 0.6) is 0 Å². The third-order valence-corrected chi connectivity index (χ3v) is 1.69. The Morgan fingerprint density at radius 2 is 1.88 bits per heavy atom. The van der Waals surface area contributed by atoms with E-state index in [4.69, 9.17) is 26.2 Å². The van der Waals surface area contributed by atoms with Crippen LogP contribution in [0.1, 0.15) is 10.4 Å². The van der Waals surface area contributed by atoms with Crippen LogP contribution >= 0.6 is 0 Å². The van der Waals surface area contributed by atoms with Gasteiger partial charge in [-0.05, 0) is 0 Å². The number of nitrogens with one attached hydrogen (secondary N) is 1. The van der Waals surface area contributed by atoms with Gasteiger partial charge in [0.2, 0.25) is 0 Å². The number of aromatic amines is 1. The molecule has 0 bridgehead atoms. The SMILES string of the molecule is NC(CO)(CO)CO.O=C(O)c1cn[nH]c1. The van der Waals surface area contributed by atoms with Crippen LogP contribution in [0, 0.1) is 0 Å². The second-order valence-corrected chi connectivity index (χ2v) is 3.13. The number of H-pyrrole nitrogens is 1. The van der Waals surface area contributed by atoms with Gasteiger partial charge in [0.15, 0.2) is 0 Å². The molecule has 0 aromatic carbocycles. The molecule has 7 N–H and O–H groups in total. The number of aliphatic hydroxyl groups is 3. The smallest absolute Gasteiger partial charge is 0.338 e. The molecule has 0 unspecified atom stereocenters. The molecule has 0 spiro atoms. The Bertz CT molecular complexity index is 288. The van der Waals surface area contributed by atoms with Crippen LogP contribution in [-0.2, 0) is 0 Å². The summed E-state index contributed by atoms with van der Waals surface area (Å²) in [4.78, 5) is 10.0. The Hall–Kier alpha value is -1.48. The standard InChI is InChI=1S/C4H4N2O2.C4H11NO3/c7-4(8)3-1-5-6-2-3;5-4(1-6,2-7)3-8/h1-2H,(H,5,6)(H,7,8);6-8H,1-3,5H2. The zero-order valence-electron chi connectivity index (χ0n) is 8.50. The van der Waals surface area contributed by atoms with Crippen LogP contribution in [0.4, 0.5) is 0 Å². The number of hydrogen-bond donors (Lipinski definition) is 6. The van der Waals surface area contributed by atoms with Crippen LogP contribution in [-0.4, -0.2) is 62.0 Å². The Labute approximate surface area is 91.3 Å². The molecule has 0 aliphatic heterocycles. The summed E-state index contributed by atoms with van der Waals surface area (Å²) >= 11 is 0. The van der Waals surface area contributed by atoms with E-state index in [-0.39, 0.29) is 5.56 Å². The Morgan fingerprint density at radius 1 is 1.38 bits per heavy atom. The molecule has 0 saturated carbocycles. The molecule has 92 valence electrons. The maximum Gasteiger partial charge on any atom is 0.338 e. The molecule has 0 amide bonds. The van der Waals surface area contributed by atoms with Crippen molar-refractivity contribution in [3.8, 4) is 0 Å². The molecule has 0 atom stereocenters. The normalized spacial score (nSPS) is 10.5. The van der Waals surface area contributed by atoms with Gasteiger partial charge in [-0.3, -0.25) is 5.10 Å². The highest BCUT2D eigenvalue weighted by Crippen LogP contribution is 1.93. The van der Waals surface area contributed by atoms with Crippen LogP contribution in [0.15, 0.2) is 12.4 Å². The lowest BCUT2D eigenvalue weighted by Gasteiger charge is -2.20. The maximum atomic E-state index is 10.0. The Balaban J connectivity index is 0.000000281. The third kappa shape index (κ3) is 4.84. The average molecular weight is 233 g/mol. The lowest BCUT2D eigenvalue weighted by atomic mass is 10.1. The molecule has 1 heterocycles. The number of carbonyl (C=O) groups is 1. The minimum absolute atomic E-state index is 0.185. The van der Waals surface area contributed by atoms with E-state index in [1.807, 2.05) is 0 Å². The molecule has 8 nitrogen and oxygen atoms in total. The molecule has 1 aromatic heterocycles. The first kappa shape index (κ1) is 14.5. The van der Waals surface area contributed by atoms with Crippen molar-refractivity contribution in [2.45, 2.75) is 5.54 Å². The first-order chi connectivity index (χ1) is 7.49. The number of carboxylic acids is 1. The molecule has 0 fully saturated rings. The second kappa shape index (κ2) is 6.90. The highest BCUT2D eigenvalue weighted by Gasteiger charge is 2.20. The van der Waals surface area contributed by atoms with E-state index in [0.717, 1.165) is 0 Å². The summed E-state index contributed by atoms with van der Waals surface area (Å²) in [6.07, 6.45) is 2.57. The van der Waals surface area contributed by atoms with E-state index >= 15 is 0 Å². The monoisotopic (exact) mass is 233 g/mol. The molecule has 0 aliphatic carbocycles. The number of aliphatic hydroxyl groups excluding tert-OH is 3. The number of nitrogens with zero attached hydrogens (tertiary/aromatic N) is 1. The summed E-state index contributed by atoms with van der Waals surface area (Å²) in [7, 11) is 0. The number of aromatic carboxylic acids is 1. The van der Waals surface area contributed by atoms with E-state index in [1.54, 1.807) is 0 Å². The van der Waals surface area contributed by atoms with Crippen molar-refractivity contribution in [3.63, 3.8) is 0 Å². The molecule has 0 saturated heterocycles. The van der Waals surface area contributed by atoms with Gasteiger partial charge in [-0.15, -0.1) is 0 Å². The summed E-state index contributed by atoms with van der Waals surface area (Å²) in [6.45, 7) is -1.21. The highest BCUT2D eigenvalue weighted by molar-refractivity contribution is 5.86. The quantitative estimate of drug-likeness (QED) is 0.344. The van der Waals surface area contributed by atoms with Crippen LogP contribution < -0.4 is 5.73 Å². The van der Waals surface area contributed by atoms with Crippen molar-refractivity contribution in [2.75, 3.05) is 19.8 Å². The van der Waals surface area contributed by atoms with E-state index in [0.29, 0.717) is 0 Å². The summed E-state index contributed by atoms with van der Waals surface area (Å²) < 4.78 is 0. The van der Waals surface area contributed by atoms with Gasteiger partial charge < -0.3 is 26.2 Å². The summed E-state index contributed by atoms with van der Waals surface area (Å²) in [5.41, 5.74) is 4.12. The Morgan fingerprint density at radius 3 is 2.00 bits per heavy atom. The summed E-state index contributed by atoms with van der Waals surface area (Å²) in [5.74, 6) is -0.959. The van der Waals surface area contributed by atoms with Crippen molar-refractivity contribution >= 4 is 5.97 Å². The van der Waals surface area contributed by atoms with E-state index < -0.39 is 31.3 Å². The highest BCUT2D eigenvalue weighted by atomic mass is 16.4. The third-order valence-electron chi connectivity index (χ3n) is 1.69. The number of nitrogens with two attached hydrogens (primary N) is 1. The van der Waals surface area contributed by atoms with E-state index in [9.17, 15) is 4.79 Å². The second-order valence-electron chi connectivity index (χ2n) is 3.13. The minimum atomic E-state index is -1.21. The molecular formula is C8H15N3O5. The van der Waals surface area contributed by atoms with Gasteiger partial charge in [0.25, 0.3) is 0 Å². The van der Waals surface area contributed by atoms with Gasteiger partial charge in [0, 0.05) is 6.20 Å². The summed E-state index contributed by atoms with van der Waals surface area (Å²) in [6, 6.07) is 0. The molecule has 8 heteroatoms. The van der Waals surface area contributed by atoms with E-state index in [2.05, 4.69) is 10.2 Å². The number of rotatable bonds is 4. The van der Waals surface area contributed by atoms with Crippen LogP contribution in [0.25, 0.3) is 0 Å². The fraction of sp³-hybridized carbons (Fsp3) is 0.500. The number of carboxylic acid groups (broad SMARTS) is 1. The van der Waals surface area contributed by atoms with Gasteiger partial charge in [-0.1, -0.05) is 0 Å². The molecule has 0 radical (unpaired) electrons. The van der Waals surface area contributed by atoms with Crippen LogP contribution in [0.2, 0.25) is 0 Å². The van der Waals surface area contributed by atoms with E-state index in [1.165, 1.54) is 12.4 Å². The molecule has 16 heavy (non-hydrogen) atoms. The number of aromatic nitrogens is 2. The van der Waals surface area contributed by atoms with Crippen molar-refractivity contribution in [2.24, 2.45) is 5.73 Å². The first-order valence-corrected chi connectivity index (χ1v) is 4.32. The molecule has 0 aliphatic rings. The first-order valence-electron chi connectivity index (χ1n) is 4.32. The Kier molecular flexibility index (Phi) is 6.27. The maximum absolute atomic E-state index is 10.0. The van der Waals surface area contributed by atoms with Gasteiger partial charge in [-0.2, -0.15) is 5.10 Å². The van der Waals surface area contributed by atoms with Gasteiger partial charge in [-0.25, -0.2) is 4.79 Å².